The molecule has 0 bridgehead atoms. The van der Waals surface area contributed by atoms with Crippen LogP contribution in [0.2, 0.25) is 10.0 Å². The van der Waals surface area contributed by atoms with Gasteiger partial charge in [0.2, 0.25) is 0 Å². The molecule has 168 valence electrons. The van der Waals surface area contributed by atoms with E-state index in [1.807, 2.05) is 0 Å². The van der Waals surface area contributed by atoms with Crippen molar-refractivity contribution in [1.82, 2.24) is 5.43 Å². The van der Waals surface area contributed by atoms with Gasteiger partial charge in [0.1, 0.15) is 0 Å². The first-order valence-electron chi connectivity index (χ1n) is 9.42. The molecular formula is C23H17Cl2N3O5. The van der Waals surface area contributed by atoms with Gasteiger partial charge < -0.3 is 14.8 Å². The van der Waals surface area contributed by atoms with Crippen molar-refractivity contribution < 1.29 is 23.9 Å². The van der Waals surface area contributed by atoms with Crippen molar-refractivity contribution in [1.29, 1.82) is 0 Å². The number of hydrogen-bond donors (Lipinski definition) is 2. The van der Waals surface area contributed by atoms with Crippen molar-refractivity contribution in [3.05, 3.63) is 87.9 Å². The normalized spacial score (nSPS) is 10.5. The third-order valence-corrected chi connectivity index (χ3v) is 4.90. The van der Waals surface area contributed by atoms with Gasteiger partial charge in [-0.2, -0.15) is 5.10 Å². The number of ether oxygens (including phenoxy) is 2. The van der Waals surface area contributed by atoms with Crippen LogP contribution in [-0.2, 0) is 9.59 Å². The van der Waals surface area contributed by atoms with E-state index in [0.29, 0.717) is 16.3 Å². The maximum atomic E-state index is 12.4. The highest BCUT2D eigenvalue weighted by Gasteiger charge is 2.15. The summed E-state index contributed by atoms with van der Waals surface area (Å²) in [6, 6.07) is 17.5. The van der Waals surface area contributed by atoms with E-state index in [9.17, 15) is 14.4 Å². The van der Waals surface area contributed by atoms with Crippen molar-refractivity contribution in [2.24, 2.45) is 5.10 Å². The van der Waals surface area contributed by atoms with E-state index in [-0.39, 0.29) is 22.1 Å². The molecule has 2 amide bonds. The van der Waals surface area contributed by atoms with E-state index < -0.39 is 17.8 Å². The first kappa shape index (κ1) is 23.8. The Morgan fingerprint density at radius 2 is 1.64 bits per heavy atom. The maximum Gasteiger partial charge on any atom is 0.343 e. The van der Waals surface area contributed by atoms with Gasteiger partial charge in [0, 0.05) is 5.69 Å². The predicted octanol–water partition coefficient (Wildman–Crippen LogP) is 4.31. The molecule has 3 rings (SSSR count). The summed E-state index contributed by atoms with van der Waals surface area (Å²) in [7, 11) is 1.41. The van der Waals surface area contributed by atoms with Crippen LogP contribution in [-0.4, -0.2) is 31.1 Å². The van der Waals surface area contributed by atoms with E-state index in [1.165, 1.54) is 43.7 Å². The first-order valence-corrected chi connectivity index (χ1v) is 10.2. The number of hydrogen-bond acceptors (Lipinski definition) is 6. The van der Waals surface area contributed by atoms with Crippen molar-refractivity contribution in [3.63, 3.8) is 0 Å². The van der Waals surface area contributed by atoms with Gasteiger partial charge in [-0.05, 0) is 54.1 Å². The molecule has 0 aromatic heterocycles. The minimum Gasteiger partial charge on any atom is -0.493 e. The Labute approximate surface area is 199 Å². The molecule has 2 N–H and O–H groups in total. The van der Waals surface area contributed by atoms with Gasteiger partial charge in [-0.25, -0.2) is 10.2 Å². The van der Waals surface area contributed by atoms with Crippen LogP contribution in [0.5, 0.6) is 11.5 Å². The summed E-state index contributed by atoms with van der Waals surface area (Å²) < 4.78 is 10.6. The largest absolute Gasteiger partial charge is 0.493 e. The highest BCUT2D eigenvalue weighted by atomic mass is 35.5. The molecule has 0 aliphatic heterocycles. The lowest BCUT2D eigenvalue weighted by atomic mass is 10.2. The monoisotopic (exact) mass is 485 g/mol. The number of amides is 2. The molecule has 0 aliphatic carbocycles. The molecular weight excluding hydrogens is 469 g/mol. The molecule has 0 radical (unpaired) electrons. The number of hydrazone groups is 1. The standard InChI is InChI=1S/C23H17Cl2N3O5/c1-32-20-11-14(13-26-28-22(30)21(29)27-16-5-3-2-4-6-16)7-10-19(20)33-23(31)15-8-9-17(24)18(25)12-15/h2-13H,1H3,(H,27,29)(H,28,30). The minimum atomic E-state index is -0.936. The fourth-order valence-corrected chi connectivity index (χ4v) is 2.85. The summed E-state index contributed by atoms with van der Waals surface area (Å²) in [5, 5.41) is 6.75. The molecule has 0 aliphatic rings. The molecule has 0 fully saturated rings. The zero-order valence-electron chi connectivity index (χ0n) is 17.2. The highest BCUT2D eigenvalue weighted by Crippen LogP contribution is 2.29. The number of benzene rings is 3. The first-order chi connectivity index (χ1) is 15.9. The molecule has 0 saturated heterocycles. The van der Waals surface area contributed by atoms with E-state index in [0.717, 1.165) is 0 Å². The zero-order chi connectivity index (χ0) is 23.8. The Kier molecular flexibility index (Phi) is 8.01. The van der Waals surface area contributed by atoms with E-state index >= 15 is 0 Å². The van der Waals surface area contributed by atoms with Gasteiger partial charge in [-0.3, -0.25) is 9.59 Å². The van der Waals surface area contributed by atoms with Gasteiger partial charge in [-0.15, -0.1) is 0 Å². The van der Waals surface area contributed by atoms with Crippen LogP contribution in [0.25, 0.3) is 0 Å². The number of nitrogens with one attached hydrogen (secondary N) is 2. The predicted molar refractivity (Wildman–Crippen MR) is 125 cm³/mol. The smallest absolute Gasteiger partial charge is 0.343 e. The molecule has 33 heavy (non-hydrogen) atoms. The Balaban J connectivity index is 1.62. The molecule has 3 aromatic carbocycles. The lowest BCUT2D eigenvalue weighted by molar-refractivity contribution is -0.136. The van der Waals surface area contributed by atoms with Crippen LogP contribution in [0.15, 0.2) is 71.8 Å². The van der Waals surface area contributed by atoms with Crippen LogP contribution in [0, 0.1) is 0 Å². The molecule has 3 aromatic rings. The van der Waals surface area contributed by atoms with Crippen molar-refractivity contribution in [2.75, 3.05) is 12.4 Å². The molecule has 8 nitrogen and oxygen atoms in total. The number of carbonyl (C=O) groups excluding carboxylic acids is 3. The third kappa shape index (κ3) is 6.55. The average molecular weight is 486 g/mol. The summed E-state index contributed by atoms with van der Waals surface area (Å²) in [5.74, 6) is -2.03. The van der Waals surface area contributed by atoms with Gasteiger partial charge in [-0.1, -0.05) is 41.4 Å². The summed E-state index contributed by atoms with van der Waals surface area (Å²) in [6.07, 6.45) is 1.31. The minimum absolute atomic E-state index is 0.164. The molecule has 0 heterocycles. The van der Waals surface area contributed by atoms with Gasteiger partial charge >= 0.3 is 17.8 Å². The van der Waals surface area contributed by atoms with E-state index in [4.69, 9.17) is 32.7 Å². The number of rotatable bonds is 6. The summed E-state index contributed by atoms with van der Waals surface area (Å²) >= 11 is 11.8. The number of anilines is 1. The zero-order valence-corrected chi connectivity index (χ0v) is 18.7. The van der Waals surface area contributed by atoms with Crippen LogP contribution >= 0.6 is 23.2 Å². The number of esters is 1. The third-order valence-electron chi connectivity index (χ3n) is 4.16. The fourth-order valence-electron chi connectivity index (χ4n) is 2.56. The second kappa shape index (κ2) is 11.1. The van der Waals surface area contributed by atoms with Gasteiger partial charge in [0.25, 0.3) is 0 Å². The van der Waals surface area contributed by atoms with E-state index in [1.54, 1.807) is 36.4 Å². The molecule has 10 heteroatoms. The average Bonchev–Trinajstić information content (AvgIpc) is 2.82. The summed E-state index contributed by atoms with van der Waals surface area (Å²) in [5.41, 5.74) is 3.35. The molecule has 0 saturated carbocycles. The van der Waals surface area contributed by atoms with Gasteiger partial charge in [0.05, 0.1) is 28.9 Å². The lowest BCUT2D eigenvalue weighted by Gasteiger charge is -2.10. The quantitative estimate of drug-likeness (QED) is 0.178. The highest BCUT2D eigenvalue weighted by molar-refractivity contribution is 6.42. The molecule has 0 atom stereocenters. The van der Waals surface area contributed by atoms with Gasteiger partial charge in [0.15, 0.2) is 11.5 Å². The Hall–Kier alpha value is -3.88. The van der Waals surface area contributed by atoms with Crippen molar-refractivity contribution in [2.45, 2.75) is 0 Å². The van der Waals surface area contributed by atoms with Crippen molar-refractivity contribution >= 4 is 52.9 Å². The fraction of sp³-hybridized carbons (Fsp3) is 0.0435. The number of nitrogens with zero attached hydrogens (tertiary/aromatic N) is 1. The van der Waals surface area contributed by atoms with Crippen LogP contribution < -0.4 is 20.2 Å². The van der Waals surface area contributed by atoms with Crippen LogP contribution in [0.3, 0.4) is 0 Å². The number of para-hydroxylation sites is 1. The van der Waals surface area contributed by atoms with Crippen molar-refractivity contribution in [3.8, 4) is 11.5 Å². The lowest BCUT2D eigenvalue weighted by Crippen LogP contribution is -2.32. The van der Waals surface area contributed by atoms with E-state index in [2.05, 4.69) is 15.8 Å². The number of carbonyl (C=O) groups is 3. The second-order valence-electron chi connectivity index (χ2n) is 6.45. The topological polar surface area (TPSA) is 106 Å². The van der Waals surface area contributed by atoms with Crippen LogP contribution in [0.4, 0.5) is 5.69 Å². The number of methoxy groups -OCH3 is 1. The Morgan fingerprint density at radius 1 is 0.879 bits per heavy atom. The second-order valence-corrected chi connectivity index (χ2v) is 7.26. The summed E-state index contributed by atoms with van der Waals surface area (Å²) in [4.78, 5) is 36.1. The Bertz CT molecular complexity index is 1220. The maximum absolute atomic E-state index is 12.4. The molecule has 0 spiro atoms. The van der Waals surface area contributed by atoms with Crippen LogP contribution in [0.1, 0.15) is 15.9 Å². The SMILES string of the molecule is COc1cc(C=NNC(=O)C(=O)Nc2ccccc2)ccc1OC(=O)c1ccc(Cl)c(Cl)c1. The summed E-state index contributed by atoms with van der Waals surface area (Å²) in [6.45, 7) is 0. The molecule has 0 unspecified atom stereocenters. The Morgan fingerprint density at radius 3 is 2.33 bits per heavy atom. The number of halogens is 2.